The van der Waals surface area contributed by atoms with Crippen LogP contribution >= 0.6 is 0 Å². The second-order valence-electron chi connectivity index (χ2n) is 4.12. The number of carbonyl (C=O) groups is 1. The zero-order valence-electron chi connectivity index (χ0n) is 9.69. The van der Waals surface area contributed by atoms with Crippen LogP contribution in [0.1, 0.15) is 22.7 Å². The Morgan fingerprint density at radius 1 is 1.38 bits per heavy atom. The largest absolute Gasteiger partial charge is 0.385 e. The van der Waals surface area contributed by atoms with Gasteiger partial charge in [0.25, 0.3) is 0 Å². The molecule has 0 aliphatic carbocycles. The molecule has 2 rings (SSSR count). The van der Waals surface area contributed by atoms with Crippen LogP contribution in [0.5, 0.6) is 0 Å². The molecular weight excluding hydrogens is 202 g/mol. The fourth-order valence-electron chi connectivity index (χ4n) is 2.00. The third-order valence-corrected chi connectivity index (χ3v) is 3.14. The van der Waals surface area contributed by atoms with Crippen molar-refractivity contribution in [1.29, 1.82) is 0 Å². The summed E-state index contributed by atoms with van der Waals surface area (Å²) in [5.41, 5.74) is 9.20. The van der Waals surface area contributed by atoms with Crippen LogP contribution in [-0.4, -0.2) is 23.8 Å². The SMILES string of the molecule is Cc1cccc(C2C(N)=NC(=O)N2C)c1C. The van der Waals surface area contributed by atoms with Gasteiger partial charge in [-0.2, -0.15) is 4.99 Å². The average Bonchev–Trinajstić information content (AvgIpc) is 2.47. The van der Waals surface area contributed by atoms with Gasteiger partial charge in [-0.15, -0.1) is 0 Å². The minimum atomic E-state index is -0.275. The number of benzene rings is 1. The molecule has 4 nitrogen and oxygen atoms in total. The summed E-state index contributed by atoms with van der Waals surface area (Å²) in [6, 6.07) is 5.52. The normalized spacial score (nSPS) is 20.2. The van der Waals surface area contributed by atoms with E-state index in [9.17, 15) is 4.79 Å². The van der Waals surface area contributed by atoms with Crippen LogP contribution in [0.4, 0.5) is 4.79 Å². The third kappa shape index (κ3) is 1.46. The van der Waals surface area contributed by atoms with E-state index in [1.54, 1.807) is 11.9 Å². The molecule has 1 aliphatic heterocycles. The number of nitrogens with zero attached hydrogens (tertiary/aromatic N) is 2. The van der Waals surface area contributed by atoms with Crippen molar-refractivity contribution in [3.63, 3.8) is 0 Å². The number of aliphatic imine (C=N–C) groups is 1. The summed E-state index contributed by atoms with van der Waals surface area (Å²) in [7, 11) is 1.72. The zero-order chi connectivity index (χ0) is 11.9. The summed E-state index contributed by atoms with van der Waals surface area (Å²) in [5.74, 6) is 0.376. The van der Waals surface area contributed by atoms with E-state index in [1.165, 1.54) is 5.56 Å². The molecule has 0 radical (unpaired) electrons. The average molecular weight is 217 g/mol. The van der Waals surface area contributed by atoms with E-state index in [1.807, 2.05) is 32.0 Å². The number of amidine groups is 1. The number of nitrogens with two attached hydrogens (primary N) is 1. The molecule has 1 atom stereocenters. The molecule has 0 saturated heterocycles. The predicted molar refractivity (Wildman–Crippen MR) is 63.4 cm³/mol. The molecule has 2 amide bonds. The van der Waals surface area contributed by atoms with Crippen LogP contribution in [0.2, 0.25) is 0 Å². The van der Waals surface area contributed by atoms with Crippen molar-refractivity contribution in [2.75, 3.05) is 7.05 Å². The first-order valence-electron chi connectivity index (χ1n) is 5.19. The fraction of sp³-hybridized carbons (Fsp3) is 0.333. The molecule has 1 aromatic carbocycles. The number of rotatable bonds is 1. The molecule has 1 aromatic rings. The molecule has 1 aliphatic rings. The molecule has 0 fully saturated rings. The lowest BCUT2D eigenvalue weighted by molar-refractivity contribution is 0.218. The van der Waals surface area contributed by atoms with E-state index in [4.69, 9.17) is 5.73 Å². The Labute approximate surface area is 94.8 Å². The molecule has 84 valence electrons. The Kier molecular flexibility index (Phi) is 2.42. The fourth-order valence-corrected chi connectivity index (χ4v) is 2.00. The lowest BCUT2D eigenvalue weighted by Gasteiger charge is -2.22. The number of likely N-dealkylation sites (N-methyl/N-ethyl adjacent to an activating group) is 1. The predicted octanol–water partition coefficient (Wildman–Crippen LogP) is 1.77. The van der Waals surface area contributed by atoms with Crippen molar-refractivity contribution in [1.82, 2.24) is 4.90 Å². The number of hydrogen-bond acceptors (Lipinski definition) is 2. The number of aryl methyl sites for hydroxylation is 1. The van der Waals surface area contributed by atoms with Crippen molar-refractivity contribution >= 4 is 11.9 Å². The number of carbonyl (C=O) groups excluding carboxylic acids is 1. The number of hydrogen-bond donors (Lipinski definition) is 1. The molecule has 0 spiro atoms. The first-order chi connectivity index (χ1) is 7.52. The van der Waals surface area contributed by atoms with Crippen LogP contribution in [-0.2, 0) is 0 Å². The maximum Gasteiger partial charge on any atom is 0.345 e. The van der Waals surface area contributed by atoms with Crippen molar-refractivity contribution < 1.29 is 4.79 Å². The van der Waals surface area contributed by atoms with Gasteiger partial charge in [0.1, 0.15) is 11.9 Å². The van der Waals surface area contributed by atoms with E-state index < -0.39 is 0 Å². The van der Waals surface area contributed by atoms with Gasteiger partial charge >= 0.3 is 6.03 Å². The third-order valence-electron chi connectivity index (χ3n) is 3.14. The Hall–Kier alpha value is -1.84. The summed E-state index contributed by atoms with van der Waals surface area (Å²) in [5, 5.41) is 0. The van der Waals surface area contributed by atoms with Gasteiger partial charge in [-0.05, 0) is 30.5 Å². The summed E-state index contributed by atoms with van der Waals surface area (Å²) in [4.78, 5) is 16.8. The Morgan fingerprint density at radius 2 is 2.06 bits per heavy atom. The molecule has 2 N–H and O–H groups in total. The van der Waals surface area contributed by atoms with E-state index in [-0.39, 0.29) is 12.1 Å². The van der Waals surface area contributed by atoms with Crippen LogP contribution in [0, 0.1) is 13.8 Å². The standard InChI is InChI=1S/C12H15N3O/c1-7-5-4-6-9(8(7)2)10-11(13)14-12(16)15(10)3/h4-6,10H,1-3H3,(H2,13,14,16). The van der Waals surface area contributed by atoms with Gasteiger partial charge in [0.05, 0.1) is 0 Å². The highest BCUT2D eigenvalue weighted by Gasteiger charge is 2.32. The molecule has 1 unspecified atom stereocenters. The van der Waals surface area contributed by atoms with Gasteiger partial charge in [-0.25, -0.2) is 4.79 Å². The van der Waals surface area contributed by atoms with Crippen LogP contribution in [0.3, 0.4) is 0 Å². The second kappa shape index (κ2) is 3.63. The van der Waals surface area contributed by atoms with Crippen LogP contribution in [0.25, 0.3) is 0 Å². The topological polar surface area (TPSA) is 58.7 Å². The lowest BCUT2D eigenvalue weighted by atomic mass is 9.96. The Bertz CT molecular complexity index is 479. The highest BCUT2D eigenvalue weighted by atomic mass is 16.2. The quantitative estimate of drug-likeness (QED) is 0.779. The van der Waals surface area contributed by atoms with E-state index >= 15 is 0 Å². The van der Waals surface area contributed by atoms with Crippen LogP contribution < -0.4 is 5.73 Å². The Balaban J connectivity index is 2.50. The summed E-state index contributed by atoms with van der Waals surface area (Å²) >= 11 is 0. The van der Waals surface area contributed by atoms with Gasteiger partial charge in [-0.1, -0.05) is 18.2 Å². The number of urea groups is 1. The maximum absolute atomic E-state index is 11.4. The molecule has 0 aromatic heterocycles. The van der Waals surface area contributed by atoms with E-state index in [0.717, 1.165) is 11.1 Å². The molecule has 4 heteroatoms. The lowest BCUT2D eigenvalue weighted by Crippen LogP contribution is -2.30. The molecule has 0 bridgehead atoms. The minimum absolute atomic E-state index is 0.215. The van der Waals surface area contributed by atoms with Crippen molar-refractivity contribution in [3.8, 4) is 0 Å². The summed E-state index contributed by atoms with van der Waals surface area (Å²) < 4.78 is 0. The molecule has 1 heterocycles. The van der Waals surface area contributed by atoms with Crippen molar-refractivity contribution in [3.05, 3.63) is 34.9 Å². The van der Waals surface area contributed by atoms with Gasteiger partial charge in [0, 0.05) is 7.05 Å². The van der Waals surface area contributed by atoms with E-state index in [0.29, 0.717) is 5.84 Å². The molecular formula is C12H15N3O. The van der Waals surface area contributed by atoms with Gasteiger partial charge in [0.2, 0.25) is 0 Å². The monoisotopic (exact) mass is 217 g/mol. The highest BCUT2D eigenvalue weighted by Crippen LogP contribution is 2.28. The summed E-state index contributed by atoms with van der Waals surface area (Å²) in [6.07, 6.45) is 0. The number of amides is 2. The smallest absolute Gasteiger partial charge is 0.345 e. The maximum atomic E-state index is 11.4. The highest BCUT2D eigenvalue weighted by molar-refractivity contribution is 6.03. The van der Waals surface area contributed by atoms with Crippen molar-refractivity contribution in [2.24, 2.45) is 10.7 Å². The molecule has 16 heavy (non-hydrogen) atoms. The second-order valence-corrected chi connectivity index (χ2v) is 4.12. The first-order valence-corrected chi connectivity index (χ1v) is 5.19. The minimum Gasteiger partial charge on any atom is -0.385 e. The van der Waals surface area contributed by atoms with Gasteiger partial charge in [-0.3, -0.25) is 0 Å². The molecule has 0 saturated carbocycles. The van der Waals surface area contributed by atoms with Gasteiger partial charge in [0.15, 0.2) is 0 Å². The summed E-state index contributed by atoms with van der Waals surface area (Å²) in [6.45, 7) is 4.08. The van der Waals surface area contributed by atoms with E-state index in [2.05, 4.69) is 4.99 Å². The van der Waals surface area contributed by atoms with Crippen molar-refractivity contribution in [2.45, 2.75) is 19.9 Å². The van der Waals surface area contributed by atoms with Crippen LogP contribution in [0.15, 0.2) is 23.2 Å². The zero-order valence-corrected chi connectivity index (χ0v) is 9.69. The Morgan fingerprint density at radius 3 is 2.62 bits per heavy atom. The first kappa shape index (κ1) is 10.7. The van der Waals surface area contributed by atoms with Gasteiger partial charge < -0.3 is 10.6 Å².